The molecule has 1 aromatic carbocycles. The Bertz CT molecular complexity index is 627. The van der Waals surface area contributed by atoms with Crippen LogP contribution in [-0.4, -0.2) is 47.8 Å². The molecule has 0 aliphatic carbocycles. The molecule has 3 rings (SSSR count). The zero-order valence-electron chi connectivity index (χ0n) is 16.7. The fourth-order valence-electron chi connectivity index (χ4n) is 4.02. The van der Waals surface area contributed by atoms with Crippen LogP contribution >= 0.6 is 0 Å². The Morgan fingerprint density at radius 3 is 2.19 bits per heavy atom. The molecule has 5 heteroatoms. The average molecular weight is 372 g/mol. The van der Waals surface area contributed by atoms with Gasteiger partial charge in [-0.25, -0.2) is 0 Å². The maximum atomic E-state index is 12.5. The van der Waals surface area contributed by atoms with E-state index in [1.165, 1.54) is 31.5 Å². The molecule has 0 aromatic heterocycles. The van der Waals surface area contributed by atoms with Gasteiger partial charge in [-0.1, -0.05) is 38.1 Å². The Kier molecular flexibility index (Phi) is 6.89. The van der Waals surface area contributed by atoms with Crippen molar-refractivity contribution in [3.63, 3.8) is 0 Å². The minimum atomic E-state index is 0.0238. The second kappa shape index (κ2) is 9.36. The lowest BCUT2D eigenvalue weighted by Crippen LogP contribution is -2.44. The van der Waals surface area contributed by atoms with Gasteiger partial charge in [0.1, 0.15) is 0 Å². The quantitative estimate of drug-likeness (QED) is 0.837. The summed E-state index contributed by atoms with van der Waals surface area (Å²) in [6, 6.07) is 8.59. The maximum absolute atomic E-state index is 12.5. The summed E-state index contributed by atoms with van der Waals surface area (Å²) in [4.78, 5) is 28.9. The SMILES string of the molecule is CC(C)C(=O)N1CCC(C(=O)NCc2ccc(CN3CCCC3)cc2)CC1. The van der Waals surface area contributed by atoms with Gasteiger partial charge in [-0.3, -0.25) is 14.5 Å². The van der Waals surface area contributed by atoms with Gasteiger partial charge < -0.3 is 10.2 Å². The number of hydrogen-bond donors (Lipinski definition) is 1. The summed E-state index contributed by atoms with van der Waals surface area (Å²) < 4.78 is 0. The van der Waals surface area contributed by atoms with E-state index in [1.54, 1.807) is 0 Å². The average Bonchev–Trinajstić information content (AvgIpc) is 3.19. The van der Waals surface area contributed by atoms with E-state index in [0.717, 1.165) is 24.9 Å². The molecule has 2 saturated heterocycles. The molecular formula is C22H33N3O2. The van der Waals surface area contributed by atoms with E-state index in [9.17, 15) is 9.59 Å². The van der Waals surface area contributed by atoms with Crippen molar-refractivity contribution in [1.29, 1.82) is 0 Å². The zero-order valence-corrected chi connectivity index (χ0v) is 16.7. The highest BCUT2D eigenvalue weighted by Crippen LogP contribution is 2.19. The van der Waals surface area contributed by atoms with Crippen LogP contribution in [0.5, 0.6) is 0 Å². The molecule has 2 aliphatic heterocycles. The van der Waals surface area contributed by atoms with E-state index in [-0.39, 0.29) is 23.7 Å². The molecule has 0 saturated carbocycles. The van der Waals surface area contributed by atoms with Gasteiger partial charge in [0.2, 0.25) is 11.8 Å². The molecule has 1 N–H and O–H groups in total. The number of rotatable bonds is 6. The molecule has 2 amide bonds. The molecule has 1 aromatic rings. The third-order valence-corrected chi connectivity index (χ3v) is 5.77. The van der Waals surface area contributed by atoms with Crippen LogP contribution in [0.4, 0.5) is 0 Å². The molecule has 0 spiro atoms. The summed E-state index contributed by atoms with van der Waals surface area (Å²) in [7, 11) is 0. The van der Waals surface area contributed by atoms with Crippen LogP contribution in [0.15, 0.2) is 24.3 Å². The molecule has 148 valence electrons. The second-order valence-corrected chi connectivity index (χ2v) is 8.27. The molecule has 27 heavy (non-hydrogen) atoms. The number of hydrogen-bond acceptors (Lipinski definition) is 3. The van der Waals surface area contributed by atoms with Gasteiger partial charge >= 0.3 is 0 Å². The van der Waals surface area contributed by atoms with E-state index in [1.807, 2.05) is 18.7 Å². The lowest BCUT2D eigenvalue weighted by atomic mass is 9.95. The van der Waals surface area contributed by atoms with Crippen LogP contribution < -0.4 is 5.32 Å². The number of amides is 2. The van der Waals surface area contributed by atoms with Crippen molar-refractivity contribution in [1.82, 2.24) is 15.1 Å². The highest BCUT2D eigenvalue weighted by atomic mass is 16.2. The van der Waals surface area contributed by atoms with Crippen molar-refractivity contribution in [3.05, 3.63) is 35.4 Å². The summed E-state index contributed by atoms with van der Waals surface area (Å²) >= 11 is 0. The number of carbonyl (C=O) groups is 2. The highest BCUT2D eigenvalue weighted by molar-refractivity contribution is 5.80. The smallest absolute Gasteiger partial charge is 0.225 e. The molecule has 2 fully saturated rings. The fourth-order valence-corrected chi connectivity index (χ4v) is 4.02. The van der Waals surface area contributed by atoms with Crippen molar-refractivity contribution >= 4 is 11.8 Å². The third kappa shape index (κ3) is 5.55. The number of benzene rings is 1. The van der Waals surface area contributed by atoms with E-state index >= 15 is 0 Å². The molecule has 2 heterocycles. The summed E-state index contributed by atoms with van der Waals surface area (Å²) in [6.07, 6.45) is 4.15. The molecule has 2 aliphatic rings. The Hall–Kier alpha value is -1.88. The monoisotopic (exact) mass is 371 g/mol. The molecule has 0 unspecified atom stereocenters. The Morgan fingerprint density at radius 1 is 1.00 bits per heavy atom. The van der Waals surface area contributed by atoms with Crippen LogP contribution in [0.3, 0.4) is 0 Å². The zero-order chi connectivity index (χ0) is 19.2. The predicted octanol–water partition coefficient (Wildman–Crippen LogP) is 2.79. The van der Waals surface area contributed by atoms with Crippen molar-refractivity contribution < 1.29 is 9.59 Å². The van der Waals surface area contributed by atoms with Crippen LogP contribution in [0.25, 0.3) is 0 Å². The maximum Gasteiger partial charge on any atom is 0.225 e. The van der Waals surface area contributed by atoms with E-state index in [4.69, 9.17) is 0 Å². The summed E-state index contributed by atoms with van der Waals surface area (Å²) in [5.41, 5.74) is 2.48. The summed E-state index contributed by atoms with van der Waals surface area (Å²) in [6.45, 7) is 9.27. The second-order valence-electron chi connectivity index (χ2n) is 8.27. The standard InChI is InChI=1S/C22H33N3O2/c1-17(2)22(27)25-13-9-20(10-14-25)21(26)23-15-18-5-7-19(8-6-18)16-24-11-3-4-12-24/h5-8,17,20H,3-4,9-16H2,1-2H3,(H,23,26). The van der Waals surface area contributed by atoms with Gasteiger partial charge in [-0.15, -0.1) is 0 Å². The number of nitrogens with zero attached hydrogens (tertiary/aromatic N) is 2. The predicted molar refractivity (Wildman–Crippen MR) is 107 cm³/mol. The van der Waals surface area contributed by atoms with Gasteiger partial charge in [-0.2, -0.15) is 0 Å². The van der Waals surface area contributed by atoms with Gasteiger partial charge in [0, 0.05) is 38.0 Å². The molecule has 0 atom stereocenters. The largest absolute Gasteiger partial charge is 0.352 e. The van der Waals surface area contributed by atoms with Gasteiger partial charge in [-0.05, 0) is 49.9 Å². The van der Waals surface area contributed by atoms with Crippen molar-refractivity contribution in [2.24, 2.45) is 11.8 Å². The number of likely N-dealkylation sites (tertiary alicyclic amines) is 2. The lowest BCUT2D eigenvalue weighted by Gasteiger charge is -2.32. The Morgan fingerprint density at radius 2 is 1.59 bits per heavy atom. The minimum absolute atomic E-state index is 0.0238. The first-order valence-electron chi connectivity index (χ1n) is 10.4. The molecule has 0 bridgehead atoms. The van der Waals surface area contributed by atoms with Crippen LogP contribution in [0, 0.1) is 11.8 Å². The third-order valence-electron chi connectivity index (χ3n) is 5.77. The first-order chi connectivity index (χ1) is 13.0. The fraction of sp³-hybridized carbons (Fsp3) is 0.636. The van der Waals surface area contributed by atoms with Crippen molar-refractivity contribution in [3.8, 4) is 0 Å². The molecular weight excluding hydrogens is 338 g/mol. The van der Waals surface area contributed by atoms with E-state index in [0.29, 0.717) is 19.6 Å². The minimum Gasteiger partial charge on any atom is -0.352 e. The van der Waals surface area contributed by atoms with E-state index < -0.39 is 0 Å². The van der Waals surface area contributed by atoms with Crippen LogP contribution in [0.2, 0.25) is 0 Å². The van der Waals surface area contributed by atoms with Gasteiger partial charge in [0.15, 0.2) is 0 Å². The van der Waals surface area contributed by atoms with Crippen molar-refractivity contribution in [2.75, 3.05) is 26.2 Å². The van der Waals surface area contributed by atoms with Gasteiger partial charge in [0.25, 0.3) is 0 Å². The molecule has 0 radical (unpaired) electrons. The first kappa shape index (κ1) is 19.9. The first-order valence-corrected chi connectivity index (χ1v) is 10.4. The van der Waals surface area contributed by atoms with Crippen molar-refractivity contribution in [2.45, 2.75) is 52.6 Å². The van der Waals surface area contributed by atoms with Crippen LogP contribution in [-0.2, 0) is 22.7 Å². The van der Waals surface area contributed by atoms with Gasteiger partial charge in [0.05, 0.1) is 0 Å². The number of nitrogens with one attached hydrogen (secondary N) is 1. The Balaban J connectivity index is 1.40. The lowest BCUT2D eigenvalue weighted by molar-refractivity contribution is -0.138. The van der Waals surface area contributed by atoms with Crippen LogP contribution in [0.1, 0.15) is 50.7 Å². The molecule has 5 nitrogen and oxygen atoms in total. The normalized spacial score (nSPS) is 18.9. The number of piperidine rings is 1. The topological polar surface area (TPSA) is 52.7 Å². The van der Waals surface area contributed by atoms with E-state index in [2.05, 4.69) is 34.5 Å². The number of carbonyl (C=O) groups excluding carboxylic acids is 2. The highest BCUT2D eigenvalue weighted by Gasteiger charge is 2.28. The summed E-state index contributed by atoms with van der Waals surface area (Å²) in [5.74, 6) is 0.370. The Labute approximate surface area is 163 Å². The summed E-state index contributed by atoms with van der Waals surface area (Å²) in [5, 5.41) is 3.08.